The minimum atomic E-state index is -1.05. The number of likely N-dealkylation sites (tertiary alicyclic amines) is 1. The lowest BCUT2D eigenvalue weighted by atomic mass is 9.93. The number of rotatable bonds is 8. The first-order chi connectivity index (χ1) is 16.5. The third-order valence-corrected chi connectivity index (χ3v) is 5.88. The van der Waals surface area contributed by atoms with Gasteiger partial charge in [-0.1, -0.05) is 12.1 Å². The first kappa shape index (κ1) is 25.6. The lowest BCUT2D eigenvalue weighted by molar-refractivity contribution is -0.384. The Kier molecular flexibility index (Phi) is 7.39. The molecule has 2 aromatic rings. The van der Waals surface area contributed by atoms with Gasteiger partial charge in [-0.3, -0.25) is 19.7 Å². The Hall–Kier alpha value is -3.99. The predicted molar refractivity (Wildman–Crippen MR) is 127 cm³/mol. The van der Waals surface area contributed by atoms with E-state index in [1.807, 2.05) is 19.0 Å². The molecule has 1 aromatic carbocycles. The van der Waals surface area contributed by atoms with E-state index in [1.54, 1.807) is 26.8 Å². The van der Waals surface area contributed by atoms with E-state index in [2.05, 4.69) is 4.98 Å². The number of aryl methyl sites for hydroxylation is 1. The number of aliphatic hydroxyl groups excluding tert-OH is 1. The van der Waals surface area contributed by atoms with Crippen molar-refractivity contribution in [3.63, 3.8) is 0 Å². The number of nitro groups is 1. The van der Waals surface area contributed by atoms with E-state index in [1.165, 1.54) is 23.1 Å². The number of nitrogens with zero attached hydrogens (tertiary/aromatic N) is 3. The maximum atomic E-state index is 13.2. The highest BCUT2D eigenvalue weighted by Gasteiger charge is 2.46. The molecule has 0 aliphatic carbocycles. The summed E-state index contributed by atoms with van der Waals surface area (Å²) < 4.78 is 5.05. The molecule has 186 valence electrons. The summed E-state index contributed by atoms with van der Waals surface area (Å²) in [5.41, 5.74) is 0.995. The Morgan fingerprint density at radius 3 is 2.57 bits per heavy atom. The van der Waals surface area contributed by atoms with Gasteiger partial charge in [0.1, 0.15) is 11.5 Å². The first-order valence-corrected chi connectivity index (χ1v) is 11.0. The Bertz CT molecular complexity index is 1230. The quantitative estimate of drug-likeness (QED) is 0.145. The molecule has 1 aliphatic rings. The number of hydrogen-bond donors (Lipinski definition) is 2. The minimum absolute atomic E-state index is 0.125. The molecule has 1 atom stereocenters. The fraction of sp³-hybridized carbons (Fsp3) is 0.375. The molecule has 2 N–H and O–H groups in total. The van der Waals surface area contributed by atoms with E-state index >= 15 is 0 Å². The number of aromatic amines is 1. The smallest absolute Gasteiger partial charge is 0.355 e. The summed E-state index contributed by atoms with van der Waals surface area (Å²) in [5.74, 6) is -2.81. The third kappa shape index (κ3) is 4.80. The van der Waals surface area contributed by atoms with E-state index < -0.39 is 34.4 Å². The molecular formula is C24H28N4O7. The van der Waals surface area contributed by atoms with E-state index in [4.69, 9.17) is 4.74 Å². The molecule has 11 heteroatoms. The van der Waals surface area contributed by atoms with Crippen LogP contribution in [0.5, 0.6) is 0 Å². The molecule has 11 nitrogen and oxygen atoms in total. The number of esters is 1. The monoisotopic (exact) mass is 484 g/mol. The molecule has 1 amide bonds. The number of benzene rings is 1. The number of aliphatic hydroxyl groups is 1. The van der Waals surface area contributed by atoms with Gasteiger partial charge in [0.25, 0.3) is 17.4 Å². The molecule has 0 unspecified atom stereocenters. The predicted octanol–water partition coefficient (Wildman–Crippen LogP) is 2.70. The summed E-state index contributed by atoms with van der Waals surface area (Å²) in [6.07, 6.45) is 0. The molecule has 0 bridgehead atoms. The maximum Gasteiger partial charge on any atom is 0.355 e. The molecule has 2 heterocycles. The summed E-state index contributed by atoms with van der Waals surface area (Å²) in [7, 11) is 3.62. The molecule has 1 aromatic heterocycles. The summed E-state index contributed by atoms with van der Waals surface area (Å²) in [4.78, 5) is 55.4. The Labute approximate surface area is 202 Å². The van der Waals surface area contributed by atoms with Gasteiger partial charge in [-0.05, 0) is 46.0 Å². The number of likely N-dealkylation sites (N-methyl/N-ethyl adjacent to an activating group) is 1. The van der Waals surface area contributed by atoms with Crippen molar-refractivity contribution in [3.05, 3.63) is 68.0 Å². The number of nitro benzene ring substituents is 1. The number of nitrogens with one attached hydrogen (secondary N) is 1. The molecule has 3 rings (SSSR count). The van der Waals surface area contributed by atoms with Crippen LogP contribution in [0.4, 0.5) is 5.69 Å². The Balaban J connectivity index is 2.24. The zero-order valence-electron chi connectivity index (χ0n) is 20.2. The largest absolute Gasteiger partial charge is 0.507 e. The van der Waals surface area contributed by atoms with E-state index in [0.29, 0.717) is 23.4 Å². The van der Waals surface area contributed by atoms with Crippen LogP contribution in [0.1, 0.15) is 45.8 Å². The number of aromatic nitrogens is 1. The lowest BCUT2D eigenvalue weighted by Crippen LogP contribution is -2.35. The number of H-pyrrole nitrogens is 1. The summed E-state index contributed by atoms with van der Waals surface area (Å²) in [6.45, 7) is 5.61. The van der Waals surface area contributed by atoms with Crippen LogP contribution in [0.15, 0.2) is 29.8 Å². The van der Waals surface area contributed by atoms with Gasteiger partial charge < -0.3 is 24.6 Å². The topological polar surface area (TPSA) is 146 Å². The Morgan fingerprint density at radius 2 is 1.97 bits per heavy atom. The highest BCUT2D eigenvalue weighted by Crippen LogP contribution is 2.41. The fourth-order valence-electron chi connectivity index (χ4n) is 4.22. The normalized spacial score (nSPS) is 17.3. The molecule has 1 aliphatic heterocycles. The highest BCUT2D eigenvalue weighted by atomic mass is 16.6. The van der Waals surface area contributed by atoms with Crippen molar-refractivity contribution in [3.8, 4) is 0 Å². The molecule has 1 fully saturated rings. The Morgan fingerprint density at radius 1 is 1.29 bits per heavy atom. The van der Waals surface area contributed by atoms with Crippen molar-refractivity contribution in [2.45, 2.75) is 26.8 Å². The zero-order valence-corrected chi connectivity index (χ0v) is 20.2. The minimum Gasteiger partial charge on any atom is -0.507 e. The molecule has 0 radical (unpaired) electrons. The lowest BCUT2D eigenvalue weighted by Gasteiger charge is -2.26. The summed E-state index contributed by atoms with van der Waals surface area (Å²) in [6, 6.07) is 4.58. The zero-order chi connectivity index (χ0) is 26.0. The van der Waals surface area contributed by atoms with Gasteiger partial charge >= 0.3 is 5.97 Å². The number of amides is 1. The molecule has 35 heavy (non-hydrogen) atoms. The number of hydrogen-bond acceptors (Lipinski definition) is 8. The van der Waals surface area contributed by atoms with E-state index in [9.17, 15) is 29.6 Å². The summed E-state index contributed by atoms with van der Waals surface area (Å²) >= 11 is 0. The van der Waals surface area contributed by atoms with Crippen molar-refractivity contribution < 1.29 is 29.2 Å². The number of carbonyl (C=O) groups excluding carboxylic acids is 3. The van der Waals surface area contributed by atoms with Crippen molar-refractivity contribution in [1.82, 2.24) is 14.8 Å². The number of ketones is 1. The van der Waals surface area contributed by atoms with Crippen molar-refractivity contribution in [2.75, 3.05) is 33.8 Å². The second kappa shape index (κ2) is 10.1. The van der Waals surface area contributed by atoms with Crippen LogP contribution in [-0.2, 0) is 14.3 Å². The molecule has 0 spiro atoms. The van der Waals surface area contributed by atoms with E-state index in [-0.39, 0.29) is 35.7 Å². The first-order valence-electron chi connectivity index (χ1n) is 11.0. The standard InChI is InChI=1S/C24H28N4O7/c1-6-35-24(32)19-13(2)17(14(3)25-19)21(29)18-20(15-8-7-9-16(12-15)28(33)34)27(11-10-26(4)5)23(31)22(18)30/h7-9,12,20,25,29H,6,10-11H2,1-5H3/b21-18+/t20-/m0/s1. The van der Waals surface area contributed by atoms with Gasteiger partial charge in [0.05, 0.1) is 23.1 Å². The SMILES string of the molecule is CCOC(=O)c1[nH]c(C)c(/C(O)=C2\C(=O)C(=O)N(CCN(C)C)[C@H]2c2cccc([N+](=O)[O-])c2)c1C. The highest BCUT2D eigenvalue weighted by molar-refractivity contribution is 6.46. The number of carbonyl (C=O) groups is 3. The second-order valence-electron chi connectivity index (χ2n) is 8.49. The van der Waals surface area contributed by atoms with Gasteiger partial charge in [0.15, 0.2) is 0 Å². The average Bonchev–Trinajstić information content (AvgIpc) is 3.24. The molecule has 1 saturated heterocycles. The number of Topliss-reactive ketones (excluding diaryl/α,β-unsaturated/α-hetero) is 1. The third-order valence-electron chi connectivity index (χ3n) is 5.88. The van der Waals surface area contributed by atoms with Gasteiger partial charge in [0, 0.05) is 36.5 Å². The van der Waals surface area contributed by atoms with Crippen LogP contribution in [0.2, 0.25) is 0 Å². The average molecular weight is 485 g/mol. The number of ether oxygens (including phenoxy) is 1. The van der Waals surface area contributed by atoms with Crippen molar-refractivity contribution in [2.24, 2.45) is 0 Å². The van der Waals surface area contributed by atoms with Crippen LogP contribution in [-0.4, -0.2) is 76.3 Å². The van der Waals surface area contributed by atoms with Crippen LogP contribution < -0.4 is 0 Å². The van der Waals surface area contributed by atoms with Gasteiger partial charge in [0.2, 0.25) is 0 Å². The van der Waals surface area contributed by atoms with Crippen molar-refractivity contribution in [1.29, 1.82) is 0 Å². The maximum absolute atomic E-state index is 13.2. The summed E-state index contributed by atoms with van der Waals surface area (Å²) in [5, 5.41) is 22.7. The number of non-ortho nitro benzene ring substituents is 1. The van der Waals surface area contributed by atoms with Gasteiger partial charge in [-0.15, -0.1) is 0 Å². The van der Waals surface area contributed by atoms with Gasteiger partial charge in [-0.25, -0.2) is 4.79 Å². The molecular weight excluding hydrogens is 456 g/mol. The van der Waals surface area contributed by atoms with E-state index in [0.717, 1.165) is 0 Å². The van der Waals surface area contributed by atoms with Crippen LogP contribution in [0.25, 0.3) is 5.76 Å². The molecule has 0 saturated carbocycles. The van der Waals surface area contributed by atoms with Crippen LogP contribution in [0.3, 0.4) is 0 Å². The fourth-order valence-corrected chi connectivity index (χ4v) is 4.22. The second-order valence-corrected chi connectivity index (χ2v) is 8.49. The van der Waals surface area contributed by atoms with Gasteiger partial charge in [-0.2, -0.15) is 0 Å². The van der Waals surface area contributed by atoms with Crippen LogP contribution in [0, 0.1) is 24.0 Å². The van der Waals surface area contributed by atoms with Crippen molar-refractivity contribution >= 4 is 29.1 Å². The van der Waals surface area contributed by atoms with Crippen LogP contribution >= 0.6 is 0 Å².